The van der Waals surface area contributed by atoms with Gasteiger partial charge < -0.3 is 5.32 Å². The number of nitrogens with one attached hydrogen (secondary N) is 1. The van der Waals surface area contributed by atoms with Gasteiger partial charge in [-0.2, -0.15) is 10.2 Å². The van der Waals surface area contributed by atoms with Gasteiger partial charge in [-0.3, -0.25) is 9.48 Å². The number of amides is 1. The minimum absolute atomic E-state index is 0.290. The molecule has 0 radical (unpaired) electrons. The van der Waals surface area contributed by atoms with Gasteiger partial charge in [0.25, 0.3) is 5.91 Å². The van der Waals surface area contributed by atoms with E-state index < -0.39 is 0 Å². The number of hydrogen-bond donors (Lipinski definition) is 1. The fourth-order valence-corrected chi connectivity index (χ4v) is 3.29. The maximum absolute atomic E-state index is 12.7. The summed E-state index contributed by atoms with van der Waals surface area (Å²) in [5.41, 5.74) is 4.20. The van der Waals surface area contributed by atoms with Crippen LogP contribution in [0.15, 0.2) is 42.9 Å². The van der Waals surface area contributed by atoms with Gasteiger partial charge in [0.1, 0.15) is 5.56 Å². The number of benzene rings is 1. The van der Waals surface area contributed by atoms with Crippen molar-refractivity contribution < 1.29 is 4.79 Å². The van der Waals surface area contributed by atoms with Crippen LogP contribution in [0, 0.1) is 13.8 Å². The zero-order valence-corrected chi connectivity index (χ0v) is 16.7. The van der Waals surface area contributed by atoms with Crippen molar-refractivity contribution in [1.82, 2.24) is 24.4 Å². The van der Waals surface area contributed by atoms with Gasteiger partial charge in [0, 0.05) is 17.6 Å². The van der Waals surface area contributed by atoms with E-state index in [1.54, 1.807) is 33.7 Å². The summed E-state index contributed by atoms with van der Waals surface area (Å²) in [6.07, 6.45) is 4.85. The Morgan fingerprint density at radius 1 is 1.11 bits per heavy atom. The maximum atomic E-state index is 12.7. The second-order valence-corrected chi connectivity index (χ2v) is 7.28. The molecular weight excluding hydrogens is 399 g/mol. The lowest BCUT2D eigenvalue weighted by Gasteiger charge is -2.04. The minimum Gasteiger partial charge on any atom is -0.319 e. The van der Waals surface area contributed by atoms with Crippen molar-refractivity contribution in [3.8, 4) is 0 Å². The molecule has 0 unspecified atom stereocenters. The summed E-state index contributed by atoms with van der Waals surface area (Å²) in [7, 11) is 0. The van der Waals surface area contributed by atoms with Gasteiger partial charge in [-0.15, -0.1) is 0 Å². The highest BCUT2D eigenvalue weighted by molar-refractivity contribution is 6.42. The van der Waals surface area contributed by atoms with Crippen LogP contribution in [-0.4, -0.2) is 30.3 Å². The third kappa shape index (κ3) is 3.58. The van der Waals surface area contributed by atoms with Crippen molar-refractivity contribution in [3.05, 3.63) is 75.4 Å². The number of hydrogen-bond acceptors (Lipinski definition) is 4. The van der Waals surface area contributed by atoms with Crippen molar-refractivity contribution in [2.24, 2.45) is 0 Å². The molecule has 0 aliphatic rings. The molecule has 0 atom stereocenters. The lowest BCUT2D eigenvalue weighted by atomic mass is 10.2. The van der Waals surface area contributed by atoms with Crippen LogP contribution >= 0.6 is 23.2 Å². The number of fused-ring (bicyclic) bond motifs is 1. The molecule has 3 aromatic heterocycles. The molecule has 4 aromatic rings. The lowest BCUT2D eigenvalue weighted by Crippen LogP contribution is -2.12. The highest BCUT2D eigenvalue weighted by atomic mass is 35.5. The Labute approximate surface area is 170 Å². The van der Waals surface area contributed by atoms with Crippen molar-refractivity contribution in [2.75, 3.05) is 5.32 Å². The number of carbonyl (C=O) groups excluding carboxylic acids is 1. The van der Waals surface area contributed by atoms with E-state index in [2.05, 4.69) is 20.5 Å². The van der Waals surface area contributed by atoms with Crippen molar-refractivity contribution in [2.45, 2.75) is 20.4 Å². The Balaban J connectivity index is 1.52. The first-order valence-corrected chi connectivity index (χ1v) is 9.26. The third-order valence-electron chi connectivity index (χ3n) is 4.24. The minimum atomic E-state index is -0.290. The highest BCUT2D eigenvalue weighted by Crippen LogP contribution is 2.23. The molecule has 142 valence electrons. The largest absolute Gasteiger partial charge is 0.319 e. The number of rotatable bonds is 4. The Morgan fingerprint density at radius 3 is 2.71 bits per heavy atom. The van der Waals surface area contributed by atoms with E-state index in [1.807, 2.05) is 26.0 Å². The number of nitrogens with zero attached hydrogens (tertiary/aromatic N) is 5. The summed E-state index contributed by atoms with van der Waals surface area (Å²) in [5, 5.41) is 12.4. The summed E-state index contributed by atoms with van der Waals surface area (Å²) in [5.74, 6) is -0.290. The van der Waals surface area contributed by atoms with Crippen LogP contribution in [0.2, 0.25) is 10.0 Å². The Bertz CT molecular complexity index is 1200. The van der Waals surface area contributed by atoms with E-state index in [4.69, 9.17) is 23.2 Å². The average molecular weight is 415 g/mol. The van der Waals surface area contributed by atoms with Crippen LogP contribution in [0.5, 0.6) is 0 Å². The zero-order valence-electron chi connectivity index (χ0n) is 15.1. The van der Waals surface area contributed by atoms with Crippen molar-refractivity contribution in [3.63, 3.8) is 0 Å². The predicted molar refractivity (Wildman–Crippen MR) is 108 cm³/mol. The molecule has 0 fully saturated rings. The molecule has 0 aliphatic carbocycles. The molecule has 1 amide bonds. The number of anilines is 1. The predicted octanol–water partition coefficient (Wildman–Crippen LogP) is 4.15. The SMILES string of the molecule is Cc1cc(C)n2ncc(C(=O)Nc3cnn(Cc4ccc(Cl)c(Cl)c4)c3)c2n1. The fourth-order valence-electron chi connectivity index (χ4n) is 2.97. The summed E-state index contributed by atoms with van der Waals surface area (Å²) in [6.45, 7) is 4.31. The van der Waals surface area contributed by atoms with Crippen LogP contribution < -0.4 is 5.32 Å². The lowest BCUT2D eigenvalue weighted by molar-refractivity contribution is 0.102. The zero-order chi connectivity index (χ0) is 19.8. The molecule has 4 rings (SSSR count). The van der Waals surface area contributed by atoms with Crippen LogP contribution in [0.3, 0.4) is 0 Å². The molecule has 0 saturated carbocycles. The van der Waals surface area contributed by atoms with Crippen LogP contribution in [-0.2, 0) is 6.54 Å². The van der Waals surface area contributed by atoms with Gasteiger partial charge in [-0.05, 0) is 37.6 Å². The molecule has 3 heterocycles. The van der Waals surface area contributed by atoms with Crippen molar-refractivity contribution in [1.29, 1.82) is 0 Å². The summed E-state index contributed by atoms with van der Waals surface area (Å²) >= 11 is 12.0. The van der Waals surface area contributed by atoms with Gasteiger partial charge in [-0.25, -0.2) is 9.50 Å². The molecule has 1 aromatic carbocycles. The first kappa shape index (κ1) is 18.5. The summed E-state index contributed by atoms with van der Waals surface area (Å²) in [4.78, 5) is 17.1. The quantitative estimate of drug-likeness (QED) is 0.543. The number of aromatic nitrogens is 5. The number of halogens is 2. The van der Waals surface area contributed by atoms with Crippen molar-refractivity contribution >= 4 is 40.4 Å². The van der Waals surface area contributed by atoms with Crippen LogP contribution in [0.4, 0.5) is 5.69 Å². The summed E-state index contributed by atoms with van der Waals surface area (Å²) in [6, 6.07) is 7.32. The standard InChI is InChI=1S/C19H16Cl2N6O/c1-11-5-12(2)27-18(24-11)15(8-23-27)19(28)25-14-7-22-26(10-14)9-13-3-4-16(20)17(21)6-13/h3-8,10H,9H2,1-2H3,(H,25,28). The van der Waals surface area contributed by atoms with Crippen LogP contribution in [0.1, 0.15) is 27.3 Å². The Kier molecular flexibility index (Phi) is 4.78. The first-order valence-electron chi connectivity index (χ1n) is 8.50. The monoisotopic (exact) mass is 414 g/mol. The Morgan fingerprint density at radius 2 is 1.93 bits per heavy atom. The second-order valence-electron chi connectivity index (χ2n) is 6.46. The second kappa shape index (κ2) is 7.26. The van der Waals surface area contributed by atoms with E-state index in [9.17, 15) is 4.79 Å². The van der Waals surface area contributed by atoms with Gasteiger partial charge in [0.15, 0.2) is 5.65 Å². The first-order chi connectivity index (χ1) is 13.4. The molecule has 0 aliphatic heterocycles. The van der Waals surface area contributed by atoms with E-state index in [0.717, 1.165) is 17.0 Å². The molecule has 9 heteroatoms. The Hall–Kier alpha value is -2.90. The van der Waals surface area contributed by atoms with Gasteiger partial charge in [0.2, 0.25) is 0 Å². The van der Waals surface area contributed by atoms with E-state index in [-0.39, 0.29) is 5.91 Å². The van der Waals surface area contributed by atoms with Gasteiger partial charge in [-0.1, -0.05) is 29.3 Å². The maximum Gasteiger partial charge on any atom is 0.261 e. The van der Waals surface area contributed by atoms with Gasteiger partial charge in [0.05, 0.1) is 34.7 Å². The average Bonchev–Trinajstić information content (AvgIpc) is 3.25. The smallest absolute Gasteiger partial charge is 0.261 e. The molecule has 0 saturated heterocycles. The highest BCUT2D eigenvalue weighted by Gasteiger charge is 2.16. The molecule has 0 bridgehead atoms. The molecule has 7 nitrogen and oxygen atoms in total. The van der Waals surface area contributed by atoms with Gasteiger partial charge >= 0.3 is 0 Å². The van der Waals surface area contributed by atoms with E-state index >= 15 is 0 Å². The third-order valence-corrected chi connectivity index (χ3v) is 4.98. The molecule has 0 spiro atoms. The topological polar surface area (TPSA) is 77.1 Å². The number of aryl methyl sites for hydroxylation is 2. The van der Waals surface area contributed by atoms with E-state index in [1.165, 1.54) is 6.20 Å². The molecule has 1 N–H and O–H groups in total. The number of carbonyl (C=O) groups is 1. The van der Waals surface area contributed by atoms with Crippen LogP contribution in [0.25, 0.3) is 5.65 Å². The molecular formula is C19H16Cl2N6O. The molecule has 28 heavy (non-hydrogen) atoms. The normalized spacial score (nSPS) is 11.1. The van der Waals surface area contributed by atoms with E-state index in [0.29, 0.717) is 33.5 Å². The summed E-state index contributed by atoms with van der Waals surface area (Å²) < 4.78 is 3.35. The fraction of sp³-hybridized carbons (Fsp3) is 0.158.